The van der Waals surface area contributed by atoms with Crippen molar-refractivity contribution in [2.24, 2.45) is 0 Å². The molecule has 0 spiro atoms. The van der Waals surface area contributed by atoms with Gasteiger partial charge in [0, 0.05) is 12.1 Å². The van der Waals surface area contributed by atoms with Gasteiger partial charge in [-0.3, -0.25) is 0 Å². The molecular formula is C11H20N2O. The van der Waals surface area contributed by atoms with Gasteiger partial charge in [0.1, 0.15) is 0 Å². The Bertz CT molecular complexity index is 221. The molecule has 0 unspecified atom stereocenters. The minimum absolute atomic E-state index is 0.982. The molecule has 3 heteroatoms. The highest BCUT2D eigenvalue weighted by Gasteiger charge is 2.00. The van der Waals surface area contributed by atoms with Crippen molar-refractivity contribution in [1.29, 1.82) is 0 Å². The number of nitrogens with one attached hydrogen (secondary N) is 1. The first-order chi connectivity index (χ1) is 6.83. The molecule has 1 aromatic rings. The zero-order valence-electron chi connectivity index (χ0n) is 9.12. The van der Waals surface area contributed by atoms with E-state index in [9.17, 15) is 0 Å². The van der Waals surface area contributed by atoms with Crippen molar-refractivity contribution in [3.8, 4) is 0 Å². The molecule has 1 N–H and O–H groups in total. The number of nitrogens with zero attached hydrogens (tertiary/aromatic N) is 1. The van der Waals surface area contributed by atoms with E-state index in [-0.39, 0.29) is 0 Å². The summed E-state index contributed by atoms with van der Waals surface area (Å²) in [7, 11) is 4.14. The second-order valence-electron chi connectivity index (χ2n) is 3.68. The first-order valence-electron chi connectivity index (χ1n) is 5.17. The van der Waals surface area contributed by atoms with E-state index in [0.29, 0.717) is 0 Å². The maximum absolute atomic E-state index is 5.02. The molecule has 0 bridgehead atoms. The molecule has 0 aliphatic carbocycles. The molecule has 0 fully saturated rings. The third-order valence-electron chi connectivity index (χ3n) is 2.25. The average molecular weight is 196 g/mol. The van der Waals surface area contributed by atoms with E-state index in [1.165, 1.54) is 18.4 Å². The van der Waals surface area contributed by atoms with Crippen molar-refractivity contribution in [2.75, 3.05) is 27.2 Å². The van der Waals surface area contributed by atoms with Crippen LogP contribution in [0.1, 0.15) is 18.4 Å². The first kappa shape index (κ1) is 11.3. The largest absolute Gasteiger partial charge is 0.472 e. The van der Waals surface area contributed by atoms with Crippen LogP contribution in [0.2, 0.25) is 0 Å². The van der Waals surface area contributed by atoms with Crippen LogP contribution in [0.25, 0.3) is 0 Å². The Morgan fingerprint density at radius 1 is 1.43 bits per heavy atom. The topological polar surface area (TPSA) is 28.4 Å². The van der Waals surface area contributed by atoms with Crippen molar-refractivity contribution in [3.05, 3.63) is 24.2 Å². The van der Waals surface area contributed by atoms with Gasteiger partial charge in [-0.15, -0.1) is 0 Å². The molecule has 0 saturated heterocycles. The molecule has 80 valence electrons. The average Bonchev–Trinajstić information content (AvgIpc) is 2.65. The lowest BCUT2D eigenvalue weighted by atomic mass is 10.2. The normalized spacial score (nSPS) is 11.1. The van der Waals surface area contributed by atoms with Crippen LogP contribution in [-0.4, -0.2) is 32.1 Å². The Hall–Kier alpha value is -0.800. The van der Waals surface area contributed by atoms with Crippen LogP contribution in [0, 0.1) is 0 Å². The maximum Gasteiger partial charge on any atom is 0.0947 e. The number of rotatable bonds is 7. The van der Waals surface area contributed by atoms with Crippen molar-refractivity contribution in [1.82, 2.24) is 10.2 Å². The van der Waals surface area contributed by atoms with Crippen molar-refractivity contribution >= 4 is 0 Å². The Balaban J connectivity index is 2.07. The Morgan fingerprint density at radius 3 is 2.93 bits per heavy atom. The summed E-state index contributed by atoms with van der Waals surface area (Å²) in [6, 6.07) is 2.02. The van der Waals surface area contributed by atoms with Crippen molar-refractivity contribution < 1.29 is 4.42 Å². The molecule has 1 aromatic heterocycles. The third-order valence-corrected chi connectivity index (χ3v) is 2.25. The number of unbranched alkanes of at least 4 members (excludes halogenated alkanes) is 1. The predicted octanol–water partition coefficient (Wildman–Crippen LogP) is 1.71. The fourth-order valence-electron chi connectivity index (χ4n) is 1.46. The lowest BCUT2D eigenvalue weighted by Crippen LogP contribution is -2.20. The fourth-order valence-corrected chi connectivity index (χ4v) is 1.46. The number of hydrogen-bond acceptors (Lipinski definition) is 3. The lowest BCUT2D eigenvalue weighted by molar-refractivity contribution is 0.317. The summed E-state index contributed by atoms with van der Waals surface area (Å²) in [5, 5.41) is 3.15. The molecule has 1 rings (SSSR count). The molecule has 3 nitrogen and oxygen atoms in total. The molecule has 0 aromatic carbocycles. The van der Waals surface area contributed by atoms with Gasteiger partial charge < -0.3 is 14.6 Å². The van der Waals surface area contributed by atoms with E-state index in [1.807, 2.05) is 19.4 Å². The summed E-state index contributed by atoms with van der Waals surface area (Å²) in [5.41, 5.74) is 1.25. The van der Waals surface area contributed by atoms with Gasteiger partial charge in [-0.2, -0.15) is 0 Å². The van der Waals surface area contributed by atoms with Gasteiger partial charge in [-0.05, 0) is 46.1 Å². The monoisotopic (exact) mass is 196 g/mol. The second kappa shape index (κ2) is 6.62. The molecule has 0 amide bonds. The van der Waals surface area contributed by atoms with Crippen LogP contribution in [0.3, 0.4) is 0 Å². The van der Waals surface area contributed by atoms with E-state index in [2.05, 4.69) is 17.3 Å². The van der Waals surface area contributed by atoms with Crippen LogP contribution in [0.4, 0.5) is 0 Å². The van der Waals surface area contributed by atoms with Gasteiger partial charge in [0.2, 0.25) is 0 Å². The van der Waals surface area contributed by atoms with Crippen LogP contribution in [-0.2, 0) is 6.54 Å². The molecular weight excluding hydrogens is 176 g/mol. The maximum atomic E-state index is 5.02. The van der Waals surface area contributed by atoms with Gasteiger partial charge >= 0.3 is 0 Å². The quantitative estimate of drug-likeness (QED) is 0.673. The highest BCUT2D eigenvalue weighted by molar-refractivity contribution is 5.04. The van der Waals surface area contributed by atoms with Gasteiger partial charge in [-0.1, -0.05) is 0 Å². The summed E-state index contributed by atoms with van der Waals surface area (Å²) < 4.78 is 5.02. The van der Waals surface area contributed by atoms with E-state index in [1.54, 1.807) is 6.26 Å². The molecule has 14 heavy (non-hydrogen) atoms. The SMILES string of the molecule is CNCCCCN(C)Cc1ccoc1. The molecule has 0 saturated carbocycles. The summed E-state index contributed by atoms with van der Waals surface area (Å²) in [6.07, 6.45) is 6.02. The second-order valence-corrected chi connectivity index (χ2v) is 3.68. The summed E-state index contributed by atoms with van der Waals surface area (Å²) in [4.78, 5) is 2.32. The van der Waals surface area contributed by atoms with Gasteiger partial charge in [0.25, 0.3) is 0 Å². The van der Waals surface area contributed by atoms with E-state index in [4.69, 9.17) is 4.42 Å². The van der Waals surface area contributed by atoms with Crippen LogP contribution in [0.5, 0.6) is 0 Å². The van der Waals surface area contributed by atoms with E-state index < -0.39 is 0 Å². The standard InChI is InChI=1S/C11H20N2O/c1-12-6-3-4-7-13(2)9-11-5-8-14-10-11/h5,8,10,12H,3-4,6-7,9H2,1-2H3. The van der Waals surface area contributed by atoms with E-state index in [0.717, 1.165) is 19.6 Å². The lowest BCUT2D eigenvalue weighted by Gasteiger charge is -2.14. The van der Waals surface area contributed by atoms with Gasteiger partial charge in [-0.25, -0.2) is 0 Å². The first-order valence-corrected chi connectivity index (χ1v) is 5.17. The molecule has 0 aliphatic rings. The fraction of sp³-hybridized carbons (Fsp3) is 0.636. The predicted molar refractivity (Wildman–Crippen MR) is 58.2 cm³/mol. The molecule has 1 heterocycles. The van der Waals surface area contributed by atoms with Crippen LogP contribution in [0.15, 0.2) is 23.0 Å². The minimum Gasteiger partial charge on any atom is -0.472 e. The minimum atomic E-state index is 0.982. The highest BCUT2D eigenvalue weighted by atomic mass is 16.3. The Labute approximate surface area is 86.1 Å². The summed E-state index contributed by atoms with van der Waals surface area (Å²) in [5.74, 6) is 0. The molecule has 0 atom stereocenters. The van der Waals surface area contributed by atoms with Gasteiger partial charge in [0.15, 0.2) is 0 Å². The van der Waals surface area contributed by atoms with Crippen LogP contribution >= 0.6 is 0 Å². The molecule has 0 radical (unpaired) electrons. The van der Waals surface area contributed by atoms with Crippen molar-refractivity contribution in [3.63, 3.8) is 0 Å². The van der Waals surface area contributed by atoms with Crippen molar-refractivity contribution in [2.45, 2.75) is 19.4 Å². The number of hydrogen-bond donors (Lipinski definition) is 1. The highest BCUT2D eigenvalue weighted by Crippen LogP contribution is 2.04. The van der Waals surface area contributed by atoms with E-state index >= 15 is 0 Å². The molecule has 0 aliphatic heterocycles. The zero-order chi connectivity index (χ0) is 10.2. The van der Waals surface area contributed by atoms with Crippen LogP contribution < -0.4 is 5.32 Å². The van der Waals surface area contributed by atoms with Gasteiger partial charge in [0.05, 0.1) is 12.5 Å². The summed E-state index contributed by atoms with van der Waals surface area (Å²) in [6.45, 7) is 3.24. The number of furan rings is 1. The Morgan fingerprint density at radius 2 is 2.29 bits per heavy atom. The Kier molecular flexibility index (Phi) is 5.33. The summed E-state index contributed by atoms with van der Waals surface area (Å²) >= 11 is 0. The third kappa shape index (κ3) is 4.44. The zero-order valence-corrected chi connectivity index (χ0v) is 9.12. The smallest absolute Gasteiger partial charge is 0.0947 e.